The Morgan fingerprint density at radius 3 is 2.48 bits per heavy atom. The lowest BCUT2D eigenvalue weighted by Gasteiger charge is -2.21. The Bertz CT molecular complexity index is 541. The van der Waals surface area contributed by atoms with Crippen molar-refractivity contribution in [3.8, 4) is 0 Å². The maximum absolute atomic E-state index is 11.9. The van der Waals surface area contributed by atoms with Crippen molar-refractivity contribution in [3.05, 3.63) is 22.9 Å². The molecule has 1 amide bonds. The smallest absolute Gasteiger partial charge is 0.328 e. The number of rotatable bonds is 6. The van der Waals surface area contributed by atoms with E-state index in [1.807, 2.05) is 20.8 Å². The number of hydrogen-bond donors (Lipinski definition) is 2. The molecule has 0 spiro atoms. The predicted octanol–water partition coefficient (Wildman–Crippen LogP) is 1.80. The number of carbonyl (C=O) groups is 2. The molecule has 6 heteroatoms. The van der Waals surface area contributed by atoms with Gasteiger partial charge in [-0.2, -0.15) is 0 Å². The van der Waals surface area contributed by atoms with E-state index in [1.54, 1.807) is 13.0 Å². The molecule has 1 atom stereocenters. The lowest BCUT2D eigenvalue weighted by molar-refractivity contribution is -0.141. The number of aryl methyl sites for hydroxylation is 2. The average Bonchev–Trinajstić information content (AvgIpc) is 2.35. The van der Waals surface area contributed by atoms with Crippen molar-refractivity contribution in [2.75, 3.05) is 12.4 Å². The SMILES string of the molecule is COC(=O)C(CC(C)C)Nc1nc(C)cc(C)c1C(N)=O. The van der Waals surface area contributed by atoms with Gasteiger partial charge in [-0.3, -0.25) is 4.79 Å². The summed E-state index contributed by atoms with van der Waals surface area (Å²) in [6, 6.07) is 1.21. The molecular weight excluding hydrogens is 270 g/mol. The maximum atomic E-state index is 11.9. The summed E-state index contributed by atoms with van der Waals surface area (Å²) < 4.78 is 4.80. The Morgan fingerprint density at radius 2 is 2.00 bits per heavy atom. The van der Waals surface area contributed by atoms with E-state index in [0.29, 0.717) is 17.8 Å². The zero-order chi connectivity index (χ0) is 16.2. The minimum Gasteiger partial charge on any atom is -0.467 e. The Morgan fingerprint density at radius 1 is 1.38 bits per heavy atom. The van der Waals surface area contributed by atoms with Gasteiger partial charge in [0.15, 0.2) is 0 Å². The van der Waals surface area contributed by atoms with Crippen LogP contribution < -0.4 is 11.1 Å². The van der Waals surface area contributed by atoms with Crippen molar-refractivity contribution in [1.29, 1.82) is 0 Å². The normalized spacial score (nSPS) is 12.1. The first-order valence-corrected chi connectivity index (χ1v) is 6.88. The molecule has 1 aromatic rings. The number of carbonyl (C=O) groups excluding carboxylic acids is 2. The van der Waals surface area contributed by atoms with Crippen LogP contribution >= 0.6 is 0 Å². The Labute approximate surface area is 125 Å². The maximum Gasteiger partial charge on any atom is 0.328 e. The van der Waals surface area contributed by atoms with E-state index >= 15 is 0 Å². The molecule has 0 aromatic carbocycles. The quantitative estimate of drug-likeness (QED) is 0.780. The number of primary amides is 1. The van der Waals surface area contributed by atoms with Crippen LogP contribution in [0.15, 0.2) is 6.07 Å². The van der Waals surface area contributed by atoms with E-state index in [0.717, 1.165) is 11.3 Å². The molecule has 1 aromatic heterocycles. The van der Waals surface area contributed by atoms with Crippen LogP contribution in [0.2, 0.25) is 0 Å². The summed E-state index contributed by atoms with van der Waals surface area (Å²) in [6.07, 6.45) is 0.569. The number of ether oxygens (including phenoxy) is 1. The van der Waals surface area contributed by atoms with Crippen molar-refractivity contribution in [2.45, 2.75) is 40.2 Å². The highest BCUT2D eigenvalue weighted by Gasteiger charge is 2.24. The zero-order valence-electron chi connectivity index (χ0n) is 13.2. The fourth-order valence-corrected chi connectivity index (χ4v) is 2.25. The molecule has 1 rings (SSSR count). The Hall–Kier alpha value is -2.11. The number of anilines is 1. The molecule has 0 bridgehead atoms. The lowest BCUT2D eigenvalue weighted by Crippen LogP contribution is -2.33. The van der Waals surface area contributed by atoms with Gasteiger partial charge in [0.25, 0.3) is 5.91 Å². The van der Waals surface area contributed by atoms with Crippen LogP contribution in [0.5, 0.6) is 0 Å². The molecule has 6 nitrogen and oxygen atoms in total. The second-order valence-corrected chi connectivity index (χ2v) is 5.52. The van der Waals surface area contributed by atoms with Crippen molar-refractivity contribution < 1.29 is 14.3 Å². The van der Waals surface area contributed by atoms with Crippen molar-refractivity contribution >= 4 is 17.7 Å². The highest BCUT2D eigenvalue weighted by molar-refractivity contribution is 5.99. The van der Waals surface area contributed by atoms with Gasteiger partial charge in [0.05, 0.1) is 12.7 Å². The molecular formula is C15H23N3O3. The zero-order valence-corrected chi connectivity index (χ0v) is 13.2. The third-order valence-electron chi connectivity index (χ3n) is 3.09. The Balaban J connectivity index is 3.19. The fourth-order valence-electron chi connectivity index (χ4n) is 2.25. The van der Waals surface area contributed by atoms with E-state index in [9.17, 15) is 9.59 Å². The minimum absolute atomic E-state index is 0.282. The predicted molar refractivity (Wildman–Crippen MR) is 81.1 cm³/mol. The molecule has 0 aliphatic heterocycles. The second-order valence-electron chi connectivity index (χ2n) is 5.52. The van der Waals surface area contributed by atoms with E-state index in [1.165, 1.54) is 7.11 Å². The highest BCUT2D eigenvalue weighted by Crippen LogP contribution is 2.21. The Kier molecular flexibility index (Phi) is 5.69. The summed E-state index contributed by atoms with van der Waals surface area (Å²) in [4.78, 5) is 27.8. The van der Waals surface area contributed by atoms with Gasteiger partial charge in [-0.1, -0.05) is 13.8 Å². The highest BCUT2D eigenvalue weighted by atomic mass is 16.5. The van der Waals surface area contributed by atoms with E-state index in [2.05, 4.69) is 10.3 Å². The van der Waals surface area contributed by atoms with Gasteiger partial charge in [-0.05, 0) is 37.8 Å². The third kappa shape index (κ3) is 4.44. The number of methoxy groups -OCH3 is 1. The first-order valence-electron chi connectivity index (χ1n) is 6.88. The largest absolute Gasteiger partial charge is 0.467 e. The van der Waals surface area contributed by atoms with Gasteiger partial charge in [0.2, 0.25) is 0 Å². The first kappa shape index (κ1) is 16.9. The number of nitrogens with two attached hydrogens (primary N) is 1. The van der Waals surface area contributed by atoms with E-state index in [4.69, 9.17) is 10.5 Å². The first-order chi connectivity index (χ1) is 9.76. The van der Waals surface area contributed by atoms with Gasteiger partial charge in [0, 0.05) is 5.69 Å². The molecule has 21 heavy (non-hydrogen) atoms. The summed E-state index contributed by atoms with van der Waals surface area (Å²) in [7, 11) is 1.33. The summed E-state index contributed by atoms with van der Waals surface area (Å²) in [5.41, 5.74) is 7.19. The summed E-state index contributed by atoms with van der Waals surface area (Å²) in [6.45, 7) is 7.61. The van der Waals surface area contributed by atoms with Gasteiger partial charge >= 0.3 is 5.97 Å². The second kappa shape index (κ2) is 7.06. The van der Waals surface area contributed by atoms with Crippen molar-refractivity contribution in [2.24, 2.45) is 11.7 Å². The molecule has 0 fully saturated rings. The molecule has 0 saturated carbocycles. The summed E-state index contributed by atoms with van der Waals surface area (Å²) >= 11 is 0. The van der Waals surface area contributed by atoms with Crippen LogP contribution in [0.4, 0.5) is 5.82 Å². The lowest BCUT2D eigenvalue weighted by atomic mass is 10.0. The molecule has 116 valence electrons. The topological polar surface area (TPSA) is 94.3 Å². The summed E-state index contributed by atoms with van der Waals surface area (Å²) in [5.74, 6) is -0.351. The molecule has 1 unspecified atom stereocenters. The van der Waals surface area contributed by atoms with Crippen LogP contribution in [0.1, 0.15) is 41.9 Å². The standard InChI is InChI=1S/C15H23N3O3/c1-8(2)6-11(15(20)21-5)18-14-12(13(16)19)9(3)7-10(4)17-14/h7-8,11H,6H2,1-5H3,(H2,16,19)(H,17,18). The number of hydrogen-bond acceptors (Lipinski definition) is 5. The number of aromatic nitrogens is 1. The number of nitrogens with one attached hydrogen (secondary N) is 1. The molecule has 1 heterocycles. The van der Waals surface area contributed by atoms with E-state index in [-0.39, 0.29) is 11.9 Å². The van der Waals surface area contributed by atoms with Crippen molar-refractivity contribution in [1.82, 2.24) is 4.98 Å². The van der Waals surface area contributed by atoms with Gasteiger partial charge in [-0.25, -0.2) is 9.78 Å². The van der Waals surface area contributed by atoms with Crippen LogP contribution in [-0.4, -0.2) is 30.0 Å². The molecule has 3 N–H and O–H groups in total. The third-order valence-corrected chi connectivity index (χ3v) is 3.09. The number of pyridine rings is 1. The fraction of sp³-hybridized carbons (Fsp3) is 0.533. The van der Waals surface area contributed by atoms with Crippen LogP contribution in [-0.2, 0) is 9.53 Å². The monoisotopic (exact) mass is 293 g/mol. The van der Waals surface area contributed by atoms with Crippen LogP contribution in [0, 0.1) is 19.8 Å². The molecule has 0 radical (unpaired) electrons. The number of esters is 1. The van der Waals surface area contributed by atoms with Gasteiger partial charge in [-0.15, -0.1) is 0 Å². The van der Waals surface area contributed by atoms with Crippen molar-refractivity contribution in [3.63, 3.8) is 0 Å². The molecule has 0 aliphatic carbocycles. The number of nitrogens with zero attached hydrogens (tertiary/aromatic N) is 1. The molecule has 0 saturated heterocycles. The minimum atomic E-state index is -0.573. The van der Waals surface area contributed by atoms with E-state index < -0.39 is 11.9 Å². The molecule has 0 aliphatic rings. The van der Waals surface area contributed by atoms with Crippen LogP contribution in [0.3, 0.4) is 0 Å². The van der Waals surface area contributed by atoms with Crippen LogP contribution in [0.25, 0.3) is 0 Å². The number of amides is 1. The average molecular weight is 293 g/mol. The van der Waals surface area contributed by atoms with Gasteiger partial charge < -0.3 is 15.8 Å². The summed E-state index contributed by atoms with van der Waals surface area (Å²) in [5, 5.41) is 3.01. The van der Waals surface area contributed by atoms with Gasteiger partial charge in [0.1, 0.15) is 11.9 Å².